The van der Waals surface area contributed by atoms with Crippen LogP contribution in [0.5, 0.6) is 5.75 Å². The van der Waals surface area contributed by atoms with Gasteiger partial charge in [-0.3, -0.25) is 9.59 Å². The molecular formula is C15H17NO5S. The maximum atomic E-state index is 12.2. The number of hydrogen-bond acceptors (Lipinski definition) is 5. The van der Waals surface area contributed by atoms with Crippen molar-refractivity contribution in [1.82, 2.24) is 0 Å². The molecule has 6 nitrogen and oxygen atoms in total. The number of ether oxygens (including phenoxy) is 1. The molecule has 1 aromatic carbocycles. The largest absolute Gasteiger partial charge is 0.497 e. The number of hydrogen-bond donors (Lipinski definition) is 1. The molecule has 1 aromatic rings. The van der Waals surface area contributed by atoms with E-state index in [4.69, 9.17) is 4.74 Å². The summed E-state index contributed by atoms with van der Waals surface area (Å²) >= 11 is 1.19. The molecule has 0 spiro atoms. The second kappa shape index (κ2) is 6.83. The van der Waals surface area contributed by atoms with Crippen molar-refractivity contribution < 1.29 is 24.2 Å². The molecule has 1 N–H and O–H groups in total. The lowest BCUT2D eigenvalue weighted by Crippen LogP contribution is -2.26. The molecular weight excluding hydrogens is 306 g/mol. The van der Waals surface area contributed by atoms with Crippen molar-refractivity contribution in [2.75, 3.05) is 24.3 Å². The lowest BCUT2D eigenvalue weighted by molar-refractivity contribution is -0.117. The predicted molar refractivity (Wildman–Crippen MR) is 83.6 cm³/mol. The van der Waals surface area contributed by atoms with Crippen molar-refractivity contribution in [2.45, 2.75) is 13.3 Å². The minimum atomic E-state index is -1.09. The first-order valence-electron chi connectivity index (χ1n) is 6.77. The molecule has 0 aromatic heterocycles. The number of anilines is 1. The van der Waals surface area contributed by atoms with E-state index in [0.29, 0.717) is 30.2 Å². The highest BCUT2D eigenvalue weighted by Crippen LogP contribution is 2.32. The minimum absolute atomic E-state index is 0.0125. The van der Waals surface area contributed by atoms with Crippen molar-refractivity contribution in [1.29, 1.82) is 0 Å². The van der Waals surface area contributed by atoms with E-state index < -0.39 is 5.97 Å². The zero-order valence-corrected chi connectivity index (χ0v) is 13.2. The van der Waals surface area contributed by atoms with Crippen LogP contribution in [0, 0.1) is 5.92 Å². The van der Waals surface area contributed by atoms with Gasteiger partial charge in [-0.1, -0.05) is 11.8 Å². The minimum Gasteiger partial charge on any atom is -0.497 e. The van der Waals surface area contributed by atoms with Crippen LogP contribution in [0.4, 0.5) is 5.69 Å². The molecule has 0 aliphatic carbocycles. The molecule has 1 saturated heterocycles. The third-order valence-corrected chi connectivity index (χ3v) is 4.50. The molecule has 118 valence electrons. The van der Waals surface area contributed by atoms with E-state index in [1.807, 2.05) is 0 Å². The zero-order chi connectivity index (χ0) is 16.3. The van der Waals surface area contributed by atoms with Gasteiger partial charge in [0.1, 0.15) is 5.75 Å². The maximum absolute atomic E-state index is 12.2. The van der Waals surface area contributed by atoms with Gasteiger partial charge in [0, 0.05) is 31.7 Å². The molecule has 7 heteroatoms. The van der Waals surface area contributed by atoms with Crippen molar-refractivity contribution >= 4 is 34.4 Å². The van der Waals surface area contributed by atoms with Gasteiger partial charge in [-0.05, 0) is 18.1 Å². The number of aromatic carboxylic acids is 1. The lowest BCUT2D eigenvalue weighted by Gasteiger charge is -2.19. The second-order valence-electron chi connectivity index (χ2n) is 5.07. The number of rotatable bonds is 5. The number of carbonyl (C=O) groups excluding carboxylic acids is 2. The van der Waals surface area contributed by atoms with Gasteiger partial charge in [0.15, 0.2) is 5.12 Å². The van der Waals surface area contributed by atoms with E-state index in [2.05, 4.69) is 0 Å². The first-order chi connectivity index (χ1) is 10.4. The first-order valence-corrected chi connectivity index (χ1v) is 7.76. The number of carbonyl (C=O) groups is 3. The Morgan fingerprint density at radius 1 is 1.45 bits per heavy atom. The normalized spacial score (nSPS) is 17.6. The zero-order valence-electron chi connectivity index (χ0n) is 12.4. The van der Waals surface area contributed by atoms with E-state index in [0.717, 1.165) is 0 Å². The number of methoxy groups -OCH3 is 1. The summed E-state index contributed by atoms with van der Waals surface area (Å²) in [6.45, 7) is 1.90. The Kier molecular flexibility index (Phi) is 5.07. The highest BCUT2D eigenvalue weighted by molar-refractivity contribution is 8.13. The molecule has 2 rings (SSSR count). The molecule has 0 saturated carbocycles. The van der Waals surface area contributed by atoms with Crippen LogP contribution < -0.4 is 9.64 Å². The Labute approximate surface area is 132 Å². The Hall–Kier alpha value is -2.02. The highest BCUT2D eigenvalue weighted by atomic mass is 32.2. The molecule has 1 amide bonds. The summed E-state index contributed by atoms with van der Waals surface area (Å²) in [6, 6.07) is 4.54. The Morgan fingerprint density at radius 3 is 2.77 bits per heavy atom. The van der Waals surface area contributed by atoms with Crippen LogP contribution in [0.3, 0.4) is 0 Å². The van der Waals surface area contributed by atoms with Crippen molar-refractivity contribution in [3.63, 3.8) is 0 Å². The van der Waals surface area contributed by atoms with Gasteiger partial charge in [0.25, 0.3) is 0 Å². The van der Waals surface area contributed by atoms with Crippen LogP contribution in [0.25, 0.3) is 0 Å². The number of carboxylic acids is 1. The molecule has 22 heavy (non-hydrogen) atoms. The standard InChI is InChI=1S/C15H17NO5S/c1-9(17)22-8-10-5-14(18)16(7-10)13-6-11(21-2)3-4-12(13)15(19)20/h3-4,6,10H,5,7-8H2,1-2H3,(H,19,20). The van der Waals surface area contributed by atoms with Crippen LogP contribution in [0.1, 0.15) is 23.7 Å². The number of nitrogens with zero attached hydrogens (tertiary/aromatic N) is 1. The van der Waals surface area contributed by atoms with Gasteiger partial charge in [-0.15, -0.1) is 0 Å². The van der Waals surface area contributed by atoms with Crippen molar-refractivity contribution in [3.05, 3.63) is 23.8 Å². The predicted octanol–water partition coefficient (Wildman–Crippen LogP) is 2.03. The monoisotopic (exact) mass is 323 g/mol. The van der Waals surface area contributed by atoms with Gasteiger partial charge in [0.2, 0.25) is 5.91 Å². The van der Waals surface area contributed by atoms with Crippen molar-refractivity contribution in [3.8, 4) is 5.75 Å². The third kappa shape index (κ3) is 3.59. The SMILES string of the molecule is COc1ccc(C(=O)O)c(N2CC(CSC(C)=O)CC2=O)c1. The van der Waals surface area contributed by atoms with Gasteiger partial charge in [-0.2, -0.15) is 0 Å². The van der Waals surface area contributed by atoms with E-state index in [1.54, 1.807) is 12.1 Å². The van der Waals surface area contributed by atoms with Gasteiger partial charge >= 0.3 is 5.97 Å². The average molecular weight is 323 g/mol. The van der Waals surface area contributed by atoms with Crippen molar-refractivity contribution in [2.24, 2.45) is 5.92 Å². The fourth-order valence-corrected chi connectivity index (χ4v) is 3.10. The van der Waals surface area contributed by atoms with E-state index in [-0.39, 0.29) is 22.5 Å². The number of amides is 1. The second-order valence-corrected chi connectivity index (χ2v) is 6.26. The molecule has 0 bridgehead atoms. The van der Waals surface area contributed by atoms with Crippen LogP contribution in [-0.4, -0.2) is 41.5 Å². The quantitative estimate of drug-likeness (QED) is 0.892. The summed E-state index contributed by atoms with van der Waals surface area (Å²) in [5, 5.41) is 9.30. The maximum Gasteiger partial charge on any atom is 0.337 e. The lowest BCUT2D eigenvalue weighted by atomic mass is 10.1. The number of thioether (sulfide) groups is 1. The van der Waals surface area contributed by atoms with E-state index >= 15 is 0 Å². The molecule has 1 aliphatic rings. The smallest absolute Gasteiger partial charge is 0.337 e. The van der Waals surface area contributed by atoms with Gasteiger partial charge < -0.3 is 14.7 Å². The van der Waals surface area contributed by atoms with Crippen LogP contribution in [-0.2, 0) is 9.59 Å². The molecule has 1 heterocycles. The number of benzene rings is 1. The fourth-order valence-electron chi connectivity index (χ4n) is 2.40. The summed E-state index contributed by atoms with van der Waals surface area (Å²) < 4.78 is 5.11. The first kappa shape index (κ1) is 16.4. The van der Waals surface area contributed by atoms with E-state index in [9.17, 15) is 19.5 Å². The third-order valence-electron chi connectivity index (χ3n) is 3.45. The van der Waals surface area contributed by atoms with Gasteiger partial charge in [-0.25, -0.2) is 4.79 Å². The van der Waals surface area contributed by atoms with Crippen LogP contribution >= 0.6 is 11.8 Å². The van der Waals surface area contributed by atoms with E-state index in [1.165, 1.54) is 36.8 Å². The molecule has 1 atom stereocenters. The molecule has 0 radical (unpaired) electrons. The summed E-state index contributed by atoms with van der Waals surface area (Å²) in [5.74, 6) is -0.134. The topological polar surface area (TPSA) is 83.9 Å². The highest BCUT2D eigenvalue weighted by Gasteiger charge is 2.33. The Bertz CT molecular complexity index is 616. The van der Waals surface area contributed by atoms with Gasteiger partial charge in [0.05, 0.1) is 18.4 Å². The summed E-state index contributed by atoms with van der Waals surface area (Å²) in [7, 11) is 1.48. The summed E-state index contributed by atoms with van der Waals surface area (Å²) in [5.41, 5.74) is 0.404. The van der Waals surface area contributed by atoms with Crippen LogP contribution in [0.15, 0.2) is 18.2 Å². The molecule has 1 fully saturated rings. The van der Waals surface area contributed by atoms with Crippen LogP contribution in [0.2, 0.25) is 0 Å². The molecule has 1 aliphatic heterocycles. The fraction of sp³-hybridized carbons (Fsp3) is 0.400. The Balaban J connectivity index is 2.25. The average Bonchev–Trinajstić information content (AvgIpc) is 2.85. The molecule has 1 unspecified atom stereocenters. The summed E-state index contributed by atoms with van der Waals surface area (Å²) in [4.78, 5) is 36.1. The summed E-state index contributed by atoms with van der Waals surface area (Å²) in [6.07, 6.45) is 0.316. The number of carboxylic acid groups (broad SMARTS) is 1. The Morgan fingerprint density at radius 2 is 2.18 bits per heavy atom.